The summed E-state index contributed by atoms with van der Waals surface area (Å²) < 4.78 is 21.0. The van der Waals surface area contributed by atoms with E-state index in [1.54, 1.807) is 6.92 Å². The van der Waals surface area contributed by atoms with Crippen LogP contribution in [0.25, 0.3) is 0 Å². The largest absolute Gasteiger partial charge is 0.239 e. The molecule has 0 radical (unpaired) electrons. The van der Waals surface area contributed by atoms with Crippen molar-refractivity contribution >= 4 is 31.1 Å². The van der Waals surface area contributed by atoms with Gasteiger partial charge in [-0.05, 0) is 6.92 Å². The zero-order valence-corrected chi connectivity index (χ0v) is 8.00. The summed E-state index contributed by atoms with van der Waals surface area (Å²) in [6.45, 7) is 1.75. The molecule has 0 saturated heterocycles. The van der Waals surface area contributed by atoms with E-state index >= 15 is 0 Å². The molecule has 0 fully saturated rings. The van der Waals surface area contributed by atoms with Crippen LogP contribution >= 0.6 is 22.0 Å². The number of hydrogen-bond acceptors (Lipinski definition) is 5. The standard InChI is InChI=1S/C4H5ClN2O2S2/c1-3-6-7-4(10-3)2-11(5,8)9/h2H2,1H3. The van der Waals surface area contributed by atoms with Gasteiger partial charge in [-0.1, -0.05) is 0 Å². The van der Waals surface area contributed by atoms with E-state index in [4.69, 9.17) is 10.7 Å². The quantitative estimate of drug-likeness (QED) is 0.684. The second-order valence-electron chi connectivity index (χ2n) is 1.90. The molecule has 4 nitrogen and oxygen atoms in total. The van der Waals surface area contributed by atoms with Crippen LogP contribution in [0.15, 0.2) is 0 Å². The van der Waals surface area contributed by atoms with Crippen LogP contribution in [0.2, 0.25) is 0 Å². The van der Waals surface area contributed by atoms with Gasteiger partial charge in [-0.15, -0.1) is 21.5 Å². The highest BCUT2D eigenvalue weighted by Crippen LogP contribution is 2.13. The molecule has 0 unspecified atom stereocenters. The first-order chi connectivity index (χ1) is 4.97. The second-order valence-corrected chi connectivity index (χ2v) is 5.94. The third-order valence-electron chi connectivity index (χ3n) is 0.864. The summed E-state index contributed by atoms with van der Waals surface area (Å²) in [5.41, 5.74) is 0. The Balaban J connectivity index is 2.81. The second kappa shape index (κ2) is 3.04. The predicted octanol–water partition coefficient (Wildman–Crippen LogP) is 0.915. The SMILES string of the molecule is Cc1nnc(CS(=O)(=O)Cl)s1. The minimum atomic E-state index is -3.48. The molecule has 0 bridgehead atoms. The minimum absolute atomic E-state index is 0.236. The molecule has 0 aromatic carbocycles. The maximum atomic E-state index is 10.5. The maximum absolute atomic E-state index is 10.5. The van der Waals surface area contributed by atoms with Crippen molar-refractivity contribution < 1.29 is 8.42 Å². The number of halogens is 1. The van der Waals surface area contributed by atoms with E-state index in [-0.39, 0.29) is 5.75 Å². The summed E-state index contributed by atoms with van der Waals surface area (Å²) in [4.78, 5) is 0. The van der Waals surface area contributed by atoms with Crippen molar-refractivity contribution in [2.24, 2.45) is 0 Å². The number of aromatic nitrogens is 2. The lowest BCUT2D eigenvalue weighted by Crippen LogP contribution is -1.93. The Labute approximate surface area is 72.6 Å². The van der Waals surface area contributed by atoms with Crippen molar-refractivity contribution in [3.05, 3.63) is 10.0 Å². The first-order valence-corrected chi connectivity index (χ1v) is 5.98. The number of hydrogen-bond donors (Lipinski definition) is 0. The minimum Gasteiger partial charge on any atom is -0.212 e. The fourth-order valence-corrected chi connectivity index (χ4v) is 2.61. The Hall–Kier alpha value is -0.200. The molecule has 7 heteroatoms. The Morgan fingerprint density at radius 3 is 2.55 bits per heavy atom. The number of nitrogens with zero attached hydrogens (tertiary/aromatic N) is 2. The van der Waals surface area contributed by atoms with Gasteiger partial charge in [0, 0.05) is 10.7 Å². The Bertz CT molecular complexity index is 345. The highest BCUT2D eigenvalue weighted by molar-refractivity contribution is 8.13. The van der Waals surface area contributed by atoms with Crippen molar-refractivity contribution in [3.63, 3.8) is 0 Å². The fraction of sp³-hybridized carbons (Fsp3) is 0.500. The van der Waals surface area contributed by atoms with E-state index in [0.717, 1.165) is 5.01 Å². The van der Waals surface area contributed by atoms with Gasteiger partial charge in [0.1, 0.15) is 15.8 Å². The van der Waals surface area contributed by atoms with Gasteiger partial charge in [0.25, 0.3) is 0 Å². The predicted molar refractivity (Wildman–Crippen MR) is 43.1 cm³/mol. The third-order valence-corrected chi connectivity index (χ3v) is 2.83. The molecular formula is C4H5ClN2O2S2. The normalized spacial score (nSPS) is 11.8. The van der Waals surface area contributed by atoms with Crippen LogP contribution in [-0.2, 0) is 14.8 Å². The zero-order valence-electron chi connectivity index (χ0n) is 5.61. The van der Waals surface area contributed by atoms with Crippen molar-refractivity contribution in [1.29, 1.82) is 0 Å². The lowest BCUT2D eigenvalue weighted by molar-refractivity contribution is 0.608. The van der Waals surface area contributed by atoms with E-state index in [1.165, 1.54) is 11.3 Å². The van der Waals surface area contributed by atoms with Crippen LogP contribution in [0.5, 0.6) is 0 Å². The van der Waals surface area contributed by atoms with Crippen molar-refractivity contribution in [2.45, 2.75) is 12.7 Å². The maximum Gasteiger partial charge on any atom is 0.239 e. The summed E-state index contributed by atoms with van der Waals surface area (Å²) in [6.07, 6.45) is 0. The van der Waals surface area contributed by atoms with Crippen LogP contribution in [-0.4, -0.2) is 18.6 Å². The monoisotopic (exact) mass is 212 g/mol. The van der Waals surface area contributed by atoms with Gasteiger partial charge in [-0.3, -0.25) is 0 Å². The molecule has 1 rings (SSSR count). The summed E-state index contributed by atoms with van der Waals surface area (Å²) in [7, 11) is 1.50. The number of aryl methyl sites for hydroxylation is 1. The summed E-state index contributed by atoms with van der Waals surface area (Å²) in [5.74, 6) is -0.236. The lowest BCUT2D eigenvalue weighted by atomic mass is 10.8. The molecule has 0 aliphatic rings. The molecule has 1 aromatic rings. The van der Waals surface area contributed by atoms with Crippen molar-refractivity contribution in [1.82, 2.24) is 10.2 Å². The van der Waals surface area contributed by atoms with Gasteiger partial charge < -0.3 is 0 Å². The summed E-state index contributed by atoms with van der Waals surface area (Å²) >= 11 is 1.23. The average Bonchev–Trinajstić information content (AvgIpc) is 2.10. The molecule has 0 N–H and O–H groups in total. The molecular weight excluding hydrogens is 208 g/mol. The molecule has 1 heterocycles. The topological polar surface area (TPSA) is 59.9 Å². The smallest absolute Gasteiger partial charge is 0.212 e. The number of rotatable bonds is 2. The van der Waals surface area contributed by atoms with Crippen LogP contribution in [0, 0.1) is 6.92 Å². The highest BCUT2D eigenvalue weighted by atomic mass is 35.7. The van der Waals surface area contributed by atoms with Crippen LogP contribution in [0.1, 0.15) is 10.0 Å². The molecule has 0 aliphatic heterocycles. The fourth-order valence-electron chi connectivity index (χ4n) is 0.543. The first kappa shape index (κ1) is 8.89. The van der Waals surface area contributed by atoms with Crippen LogP contribution in [0.4, 0.5) is 0 Å². The third kappa shape index (κ3) is 3.13. The van der Waals surface area contributed by atoms with E-state index in [2.05, 4.69) is 10.2 Å². The van der Waals surface area contributed by atoms with E-state index in [9.17, 15) is 8.42 Å². The lowest BCUT2D eigenvalue weighted by Gasteiger charge is -1.86. The summed E-state index contributed by atoms with van der Waals surface area (Å²) in [5, 5.41) is 8.42. The van der Waals surface area contributed by atoms with Gasteiger partial charge in [0.05, 0.1) is 0 Å². The van der Waals surface area contributed by atoms with Gasteiger partial charge in [-0.25, -0.2) is 8.42 Å². The van der Waals surface area contributed by atoms with Crippen LogP contribution < -0.4 is 0 Å². The van der Waals surface area contributed by atoms with Crippen LogP contribution in [0.3, 0.4) is 0 Å². The molecule has 11 heavy (non-hydrogen) atoms. The zero-order chi connectivity index (χ0) is 8.48. The molecule has 1 aromatic heterocycles. The van der Waals surface area contributed by atoms with E-state index in [0.29, 0.717) is 5.01 Å². The Kier molecular flexibility index (Phi) is 2.46. The van der Waals surface area contributed by atoms with E-state index in [1.807, 2.05) is 0 Å². The molecule has 0 atom stereocenters. The molecule has 62 valence electrons. The molecule has 0 saturated carbocycles. The first-order valence-electron chi connectivity index (χ1n) is 2.69. The highest BCUT2D eigenvalue weighted by Gasteiger charge is 2.10. The molecule has 0 amide bonds. The Morgan fingerprint density at radius 2 is 2.18 bits per heavy atom. The molecule has 0 spiro atoms. The summed E-state index contributed by atoms with van der Waals surface area (Å²) in [6, 6.07) is 0. The van der Waals surface area contributed by atoms with Crippen molar-refractivity contribution in [3.8, 4) is 0 Å². The van der Waals surface area contributed by atoms with Crippen molar-refractivity contribution in [2.75, 3.05) is 0 Å². The van der Waals surface area contributed by atoms with Gasteiger partial charge >= 0.3 is 0 Å². The van der Waals surface area contributed by atoms with Gasteiger partial charge in [0.2, 0.25) is 9.05 Å². The van der Waals surface area contributed by atoms with E-state index < -0.39 is 9.05 Å². The van der Waals surface area contributed by atoms with Gasteiger partial charge in [0.15, 0.2) is 0 Å². The average molecular weight is 213 g/mol. The van der Waals surface area contributed by atoms with Gasteiger partial charge in [-0.2, -0.15) is 0 Å². The molecule has 0 aliphatic carbocycles. The Morgan fingerprint density at radius 1 is 1.55 bits per heavy atom.